The van der Waals surface area contributed by atoms with E-state index in [0.29, 0.717) is 6.04 Å². The lowest BCUT2D eigenvalue weighted by atomic mass is 10.2. The maximum absolute atomic E-state index is 6.31. The van der Waals surface area contributed by atoms with Crippen LogP contribution in [0.4, 0.5) is 5.69 Å². The van der Waals surface area contributed by atoms with Crippen LogP contribution in [0.25, 0.3) is 0 Å². The second kappa shape index (κ2) is 5.28. The number of anilines is 1. The second-order valence-corrected chi connectivity index (χ2v) is 6.07. The van der Waals surface area contributed by atoms with Gasteiger partial charge in [0, 0.05) is 30.7 Å². The molecule has 2 saturated heterocycles. The summed E-state index contributed by atoms with van der Waals surface area (Å²) in [7, 11) is 0. The molecule has 2 nitrogen and oxygen atoms in total. The van der Waals surface area contributed by atoms with Crippen LogP contribution in [0, 0.1) is 0 Å². The van der Waals surface area contributed by atoms with Crippen LogP contribution < -0.4 is 4.90 Å². The molecule has 1 unspecified atom stereocenters. The lowest BCUT2D eigenvalue weighted by Gasteiger charge is -2.28. The van der Waals surface area contributed by atoms with Crippen molar-refractivity contribution in [1.29, 1.82) is 0 Å². The van der Waals surface area contributed by atoms with Crippen LogP contribution in [-0.2, 0) is 0 Å². The molecule has 1 aromatic carbocycles. The monoisotopic (exact) mass is 284 g/mol. The van der Waals surface area contributed by atoms with Crippen LogP contribution in [-0.4, -0.2) is 37.1 Å². The minimum absolute atomic E-state index is 0.697. The quantitative estimate of drug-likeness (QED) is 0.777. The third-order valence-corrected chi connectivity index (χ3v) is 4.61. The van der Waals surface area contributed by atoms with E-state index in [0.717, 1.165) is 28.8 Å². The lowest BCUT2D eigenvalue weighted by Crippen LogP contribution is -2.36. The molecule has 0 aliphatic carbocycles. The molecule has 0 radical (unpaired) electrons. The first-order valence-electron chi connectivity index (χ1n) is 6.68. The van der Waals surface area contributed by atoms with Crippen LogP contribution in [0.3, 0.4) is 0 Å². The van der Waals surface area contributed by atoms with Gasteiger partial charge < -0.3 is 4.90 Å². The molecule has 0 amide bonds. The van der Waals surface area contributed by atoms with E-state index in [-0.39, 0.29) is 0 Å². The lowest BCUT2D eigenvalue weighted by molar-refractivity contribution is 0.273. The van der Waals surface area contributed by atoms with Crippen LogP contribution in [0.15, 0.2) is 18.2 Å². The number of halogens is 2. The summed E-state index contributed by atoms with van der Waals surface area (Å²) in [6.45, 7) is 4.65. The highest BCUT2D eigenvalue weighted by atomic mass is 35.5. The predicted molar refractivity (Wildman–Crippen MR) is 77.9 cm³/mol. The van der Waals surface area contributed by atoms with Crippen molar-refractivity contribution in [2.75, 3.05) is 31.1 Å². The van der Waals surface area contributed by atoms with Gasteiger partial charge in [-0.1, -0.05) is 23.2 Å². The highest BCUT2D eigenvalue weighted by Gasteiger charge is 2.29. The van der Waals surface area contributed by atoms with Gasteiger partial charge in [-0.15, -0.1) is 0 Å². The average molecular weight is 285 g/mol. The average Bonchev–Trinajstić information content (AvgIpc) is 2.70. The van der Waals surface area contributed by atoms with E-state index in [4.69, 9.17) is 23.2 Å². The fourth-order valence-corrected chi connectivity index (χ4v) is 3.56. The Morgan fingerprint density at radius 3 is 2.78 bits per heavy atom. The van der Waals surface area contributed by atoms with Gasteiger partial charge in [0.15, 0.2) is 0 Å². The Bertz CT molecular complexity index is 436. The van der Waals surface area contributed by atoms with Crippen LogP contribution >= 0.6 is 23.2 Å². The maximum Gasteiger partial charge on any atom is 0.0640 e. The Morgan fingerprint density at radius 2 is 1.89 bits per heavy atom. The van der Waals surface area contributed by atoms with Crippen molar-refractivity contribution < 1.29 is 0 Å². The molecule has 4 heteroatoms. The van der Waals surface area contributed by atoms with E-state index < -0.39 is 0 Å². The minimum Gasteiger partial charge on any atom is -0.369 e. The molecule has 3 rings (SSSR count). The summed E-state index contributed by atoms with van der Waals surface area (Å²) >= 11 is 12.4. The summed E-state index contributed by atoms with van der Waals surface area (Å²) in [5.41, 5.74) is 1.10. The van der Waals surface area contributed by atoms with Gasteiger partial charge in [0.1, 0.15) is 0 Å². The summed E-state index contributed by atoms with van der Waals surface area (Å²) in [5, 5.41) is 1.58. The Kier molecular flexibility index (Phi) is 3.69. The van der Waals surface area contributed by atoms with Gasteiger partial charge in [-0.3, -0.25) is 4.90 Å². The summed E-state index contributed by atoms with van der Waals surface area (Å²) in [6, 6.07) is 6.44. The van der Waals surface area contributed by atoms with E-state index in [1.54, 1.807) is 0 Å². The van der Waals surface area contributed by atoms with Crippen LogP contribution in [0.1, 0.15) is 19.3 Å². The predicted octanol–water partition coefficient (Wildman–Crippen LogP) is 3.67. The van der Waals surface area contributed by atoms with E-state index >= 15 is 0 Å². The zero-order valence-electron chi connectivity index (χ0n) is 10.4. The Labute approximate surface area is 118 Å². The molecule has 1 atom stereocenters. The van der Waals surface area contributed by atoms with Gasteiger partial charge in [0.05, 0.1) is 10.7 Å². The summed E-state index contributed by atoms with van der Waals surface area (Å²) in [5.74, 6) is 0. The second-order valence-electron chi connectivity index (χ2n) is 5.23. The zero-order valence-corrected chi connectivity index (χ0v) is 11.9. The third kappa shape index (κ3) is 2.47. The van der Waals surface area contributed by atoms with E-state index in [2.05, 4.69) is 9.80 Å². The number of fused-ring (bicyclic) bond motifs is 1. The number of rotatable bonds is 1. The van der Waals surface area contributed by atoms with Crippen molar-refractivity contribution >= 4 is 28.9 Å². The van der Waals surface area contributed by atoms with E-state index in [1.165, 1.54) is 32.4 Å². The molecule has 2 heterocycles. The SMILES string of the molecule is Clc1ccc(Cl)c(N2CCCN3CCCC3C2)c1. The molecule has 0 bridgehead atoms. The Balaban J connectivity index is 1.84. The summed E-state index contributed by atoms with van der Waals surface area (Å²) < 4.78 is 0. The molecule has 18 heavy (non-hydrogen) atoms. The first kappa shape index (κ1) is 12.6. The zero-order chi connectivity index (χ0) is 12.5. The van der Waals surface area contributed by atoms with Crippen molar-refractivity contribution in [3.8, 4) is 0 Å². The molecule has 0 aromatic heterocycles. The molecular weight excluding hydrogens is 267 g/mol. The molecule has 1 aromatic rings. The van der Waals surface area contributed by atoms with E-state index in [9.17, 15) is 0 Å². The fraction of sp³-hybridized carbons (Fsp3) is 0.571. The van der Waals surface area contributed by atoms with Crippen molar-refractivity contribution in [3.05, 3.63) is 28.2 Å². The van der Waals surface area contributed by atoms with Crippen LogP contribution in [0.2, 0.25) is 10.0 Å². The Morgan fingerprint density at radius 1 is 1.06 bits per heavy atom. The molecule has 0 N–H and O–H groups in total. The Hall–Kier alpha value is -0.440. The number of hydrogen-bond acceptors (Lipinski definition) is 2. The fourth-order valence-electron chi connectivity index (χ4n) is 3.15. The molecule has 2 fully saturated rings. The topological polar surface area (TPSA) is 6.48 Å². The highest BCUT2D eigenvalue weighted by Crippen LogP contribution is 2.32. The van der Waals surface area contributed by atoms with Gasteiger partial charge in [0.25, 0.3) is 0 Å². The third-order valence-electron chi connectivity index (χ3n) is 4.05. The number of hydrogen-bond donors (Lipinski definition) is 0. The molecule has 0 saturated carbocycles. The molecule has 98 valence electrons. The van der Waals surface area contributed by atoms with Crippen molar-refractivity contribution in [2.24, 2.45) is 0 Å². The largest absolute Gasteiger partial charge is 0.369 e. The molecular formula is C14H18Cl2N2. The normalized spacial score (nSPS) is 25.0. The first-order valence-corrected chi connectivity index (χ1v) is 7.44. The molecule has 2 aliphatic rings. The maximum atomic E-state index is 6.31. The highest BCUT2D eigenvalue weighted by molar-refractivity contribution is 6.35. The van der Waals surface area contributed by atoms with Gasteiger partial charge in [-0.2, -0.15) is 0 Å². The standard InChI is InChI=1S/C14H18Cl2N2/c15-11-4-5-13(16)14(9-11)18-8-2-7-17-6-1-3-12(17)10-18/h4-5,9,12H,1-3,6-8,10H2. The van der Waals surface area contributed by atoms with Gasteiger partial charge >= 0.3 is 0 Å². The molecule has 2 aliphatic heterocycles. The van der Waals surface area contributed by atoms with Gasteiger partial charge in [0.2, 0.25) is 0 Å². The van der Waals surface area contributed by atoms with Crippen molar-refractivity contribution in [2.45, 2.75) is 25.3 Å². The van der Waals surface area contributed by atoms with Crippen LogP contribution in [0.5, 0.6) is 0 Å². The number of benzene rings is 1. The van der Waals surface area contributed by atoms with Gasteiger partial charge in [-0.05, 0) is 44.0 Å². The minimum atomic E-state index is 0.697. The van der Waals surface area contributed by atoms with Crippen molar-refractivity contribution in [3.63, 3.8) is 0 Å². The summed E-state index contributed by atoms with van der Waals surface area (Å²) in [6.07, 6.45) is 3.86. The summed E-state index contributed by atoms with van der Waals surface area (Å²) in [4.78, 5) is 5.03. The molecule has 0 spiro atoms. The van der Waals surface area contributed by atoms with Crippen molar-refractivity contribution in [1.82, 2.24) is 4.90 Å². The first-order chi connectivity index (χ1) is 8.74. The smallest absolute Gasteiger partial charge is 0.0640 e. The van der Waals surface area contributed by atoms with Gasteiger partial charge in [-0.25, -0.2) is 0 Å². The van der Waals surface area contributed by atoms with E-state index in [1.807, 2.05) is 18.2 Å². The number of nitrogens with zero attached hydrogens (tertiary/aromatic N) is 2.